The third-order valence-corrected chi connectivity index (χ3v) is 2.47. The van der Waals surface area contributed by atoms with Gasteiger partial charge in [-0.25, -0.2) is 0 Å². The van der Waals surface area contributed by atoms with Crippen LogP contribution in [0.25, 0.3) is 0 Å². The molecule has 0 saturated carbocycles. The molecule has 5 nitrogen and oxygen atoms in total. The first-order valence-electron chi connectivity index (χ1n) is 4.81. The Morgan fingerprint density at radius 3 is 2.86 bits per heavy atom. The van der Waals surface area contributed by atoms with Gasteiger partial charge in [0.05, 0.1) is 26.4 Å². The van der Waals surface area contributed by atoms with Crippen molar-refractivity contribution in [3.8, 4) is 0 Å². The van der Waals surface area contributed by atoms with E-state index in [4.69, 9.17) is 18.9 Å². The normalized spacial score (nSPS) is 29.6. The fourth-order valence-electron chi connectivity index (χ4n) is 1.79. The van der Waals surface area contributed by atoms with Gasteiger partial charge in [0.1, 0.15) is 12.5 Å². The van der Waals surface area contributed by atoms with Crippen molar-refractivity contribution in [1.29, 1.82) is 0 Å². The summed E-state index contributed by atoms with van der Waals surface area (Å²) in [5, 5.41) is 0. The van der Waals surface area contributed by atoms with E-state index >= 15 is 0 Å². The largest absolute Gasteiger partial charge is 0.466 e. The molecule has 1 unspecified atom stereocenters. The van der Waals surface area contributed by atoms with Gasteiger partial charge in [-0.2, -0.15) is 0 Å². The molecule has 1 atom stereocenters. The molecule has 2 saturated heterocycles. The molecule has 0 aromatic heterocycles. The highest BCUT2D eigenvalue weighted by Gasteiger charge is 2.53. The highest BCUT2D eigenvalue weighted by Crippen LogP contribution is 2.34. The van der Waals surface area contributed by atoms with Crippen LogP contribution in [-0.4, -0.2) is 44.8 Å². The Morgan fingerprint density at radius 2 is 2.21 bits per heavy atom. The summed E-state index contributed by atoms with van der Waals surface area (Å²) < 4.78 is 21.0. The molecule has 2 fully saturated rings. The molecule has 2 heterocycles. The molecule has 80 valence electrons. The first-order chi connectivity index (χ1) is 6.78. The predicted octanol–water partition coefficient (Wildman–Crippen LogP) is -0.0610. The van der Waals surface area contributed by atoms with Crippen molar-refractivity contribution in [1.82, 2.24) is 0 Å². The van der Waals surface area contributed by atoms with Gasteiger partial charge < -0.3 is 18.9 Å². The Kier molecular flexibility index (Phi) is 2.71. The van der Waals surface area contributed by atoms with Gasteiger partial charge in [0, 0.05) is 0 Å². The zero-order chi connectivity index (χ0) is 10.0. The quantitative estimate of drug-likeness (QED) is 0.587. The molecule has 2 aliphatic heterocycles. The molecule has 0 aromatic carbocycles. The van der Waals surface area contributed by atoms with Gasteiger partial charge in [0.2, 0.25) is 5.79 Å². The molecular formula is C9H14O5. The van der Waals surface area contributed by atoms with E-state index in [0.717, 1.165) is 0 Å². The van der Waals surface area contributed by atoms with Gasteiger partial charge in [-0.05, 0) is 6.92 Å². The topological polar surface area (TPSA) is 54.0 Å². The first-order valence-corrected chi connectivity index (χ1v) is 4.81. The maximum absolute atomic E-state index is 11.5. The van der Waals surface area contributed by atoms with Crippen LogP contribution in [0.5, 0.6) is 0 Å². The second-order valence-electron chi connectivity index (χ2n) is 3.33. The standard InChI is InChI=1S/C9H14O5/c1-2-12-8(10)7-5-11-6-9(7)13-3-4-14-9/h7H,2-6H2,1H3. The van der Waals surface area contributed by atoms with Crippen molar-refractivity contribution in [2.45, 2.75) is 12.7 Å². The smallest absolute Gasteiger partial charge is 0.316 e. The number of carbonyl (C=O) groups is 1. The van der Waals surface area contributed by atoms with E-state index in [1.807, 2.05) is 0 Å². The highest BCUT2D eigenvalue weighted by atomic mass is 16.8. The molecule has 1 spiro atoms. The average molecular weight is 202 g/mol. The lowest BCUT2D eigenvalue weighted by Crippen LogP contribution is -2.43. The second kappa shape index (κ2) is 3.84. The van der Waals surface area contributed by atoms with E-state index in [1.54, 1.807) is 6.92 Å². The average Bonchev–Trinajstić information content (AvgIpc) is 2.78. The minimum absolute atomic E-state index is 0.299. The molecule has 2 aliphatic rings. The molecule has 0 aromatic rings. The summed E-state index contributed by atoms with van der Waals surface area (Å²) in [5.74, 6) is -1.61. The fourth-order valence-corrected chi connectivity index (χ4v) is 1.79. The lowest BCUT2D eigenvalue weighted by atomic mass is 10.0. The van der Waals surface area contributed by atoms with Crippen molar-refractivity contribution in [3.05, 3.63) is 0 Å². The molecule has 0 amide bonds. The summed E-state index contributed by atoms with van der Waals surface area (Å²) in [6.07, 6.45) is 0. The maximum Gasteiger partial charge on any atom is 0.316 e. The summed E-state index contributed by atoms with van der Waals surface area (Å²) in [6.45, 7) is 3.80. The van der Waals surface area contributed by atoms with E-state index in [9.17, 15) is 4.79 Å². The molecule has 0 radical (unpaired) electrons. The second-order valence-corrected chi connectivity index (χ2v) is 3.33. The Morgan fingerprint density at radius 1 is 1.50 bits per heavy atom. The Bertz CT molecular complexity index is 216. The van der Waals surface area contributed by atoms with E-state index < -0.39 is 11.7 Å². The van der Waals surface area contributed by atoms with Crippen LogP contribution >= 0.6 is 0 Å². The molecule has 2 rings (SSSR count). The van der Waals surface area contributed by atoms with Crippen LogP contribution in [0.3, 0.4) is 0 Å². The predicted molar refractivity (Wildman–Crippen MR) is 45.6 cm³/mol. The molecule has 0 aliphatic carbocycles. The summed E-state index contributed by atoms with van der Waals surface area (Å²) >= 11 is 0. The molecule has 5 heteroatoms. The highest BCUT2D eigenvalue weighted by molar-refractivity contribution is 5.74. The van der Waals surface area contributed by atoms with E-state index in [2.05, 4.69) is 0 Å². The van der Waals surface area contributed by atoms with Gasteiger partial charge in [0.15, 0.2) is 0 Å². The fraction of sp³-hybridized carbons (Fsp3) is 0.889. The monoisotopic (exact) mass is 202 g/mol. The number of ether oxygens (including phenoxy) is 4. The van der Waals surface area contributed by atoms with Crippen molar-refractivity contribution < 1.29 is 23.7 Å². The van der Waals surface area contributed by atoms with Crippen LogP contribution < -0.4 is 0 Å². The molecule has 14 heavy (non-hydrogen) atoms. The lowest BCUT2D eigenvalue weighted by molar-refractivity contribution is -0.195. The third-order valence-electron chi connectivity index (χ3n) is 2.47. The number of rotatable bonds is 2. The van der Waals surface area contributed by atoms with Crippen LogP contribution in [0.1, 0.15) is 6.92 Å². The minimum Gasteiger partial charge on any atom is -0.466 e. The lowest BCUT2D eigenvalue weighted by Gasteiger charge is -2.25. The number of carbonyl (C=O) groups excluding carboxylic acids is 1. The number of hydrogen-bond acceptors (Lipinski definition) is 5. The van der Waals surface area contributed by atoms with Gasteiger partial charge >= 0.3 is 5.97 Å². The van der Waals surface area contributed by atoms with Crippen LogP contribution in [-0.2, 0) is 23.7 Å². The van der Waals surface area contributed by atoms with E-state index in [-0.39, 0.29) is 5.97 Å². The summed E-state index contributed by atoms with van der Waals surface area (Å²) in [4.78, 5) is 11.5. The zero-order valence-corrected chi connectivity index (χ0v) is 8.15. The van der Waals surface area contributed by atoms with E-state index in [1.165, 1.54) is 0 Å². The van der Waals surface area contributed by atoms with Crippen molar-refractivity contribution >= 4 is 5.97 Å². The number of hydrogen-bond donors (Lipinski definition) is 0. The van der Waals surface area contributed by atoms with Crippen LogP contribution in [0, 0.1) is 5.92 Å². The SMILES string of the molecule is CCOC(=O)C1COCC12OCCO2. The zero-order valence-electron chi connectivity index (χ0n) is 8.15. The Labute approximate surface area is 82.3 Å². The molecular weight excluding hydrogens is 188 g/mol. The summed E-state index contributed by atoms with van der Waals surface area (Å²) in [6, 6.07) is 0. The van der Waals surface area contributed by atoms with Gasteiger partial charge in [-0.15, -0.1) is 0 Å². The van der Waals surface area contributed by atoms with Crippen LogP contribution in [0.2, 0.25) is 0 Å². The Hall–Kier alpha value is -0.650. The van der Waals surface area contributed by atoms with E-state index in [0.29, 0.717) is 33.0 Å². The third kappa shape index (κ3) is 1.51. The minimum atomic E-state index is -0.869. The molecule has 0 N–H and O–H groups in total. The summed E-state index contributed by atoms with van der Waals surface area (Å²) in [5.41, 5.74) is 0. The first kappa shape index (κ1) is 9.89. The van der Waals surface area contributed by atoms with Crippen molar-refractivity contribution in [2.75, 3.05) is 33.0 Å². The van der Waals surface area contributed by atoms with Gasteiger partial charge in [-0.3, -0.25) is 4.79 Å². The maximum atomic E-state index is 11.5. The van der Waals surface area contributed by atoms with Crippen molar-refractivity contribution in [3.63, 3.8) is 0 Å². The molecule has 0 bridgehead atoms. The Balaban J connectivity index is 2.06. The van der Waals surface area contributed by atoms with Crippen LogP contribution in [0.15, 0.2) is 0 Å². The van der Waals surface area contributed by atoms with Crippen LogP contribution in [0.4, 0.5) is 0 Å². The van der Waals surface area contributed by atoms with Crippen molar-refractivity contribution in [2.24, 2.45) is 5.92 Å². The number of esters is 1. The van der Waals surface area contributed by atoms with Gasteiger partial charge in [0.25, 0.3) is 0 Å². The van der Waals surface area contributed by atoms with Gasteiger partial charge in [-0.1, -0.05) is 0 Å². The summed E-state index contributed by atoms with van der Waals surface area (Å²) in [7, 11) is 0.